The summed E-state index contributed by atoms with van der Waals surface area (Å²) < 4.78 is 41.3. The number of alkyl halides is 3. The van der Waals surface area contributed by atoms with Gasteiger partial charge in [0.05, 0.1) is 18.1 Å². The van der Waals surface area contributed by atoms with Crippen molar-refractivity contribution in [2.24, 2.45) is 0 Å². The summed E-state index contributed by atoms with van der Waals surface area (Å²) in [6.07, 6.45) is -5.18. The number of ether oxygens (including phenoxy) is 1. The van der Waals surface area contributed by atoms with Gasteiger partial charge in [-0.05, 0) is 24.6 Å². The van der Waals surface area contributed by atoms with E-state index in [4.69, 9.17) is 16.3 Å². The molecular weight excluding hydrogens is 229 g/mol. The second kappa shape index (κ2) is 4.75. The summed E-state index contributed by atoms with van der Waals surface area (Å²) in [5.41, 5.74) is 0.135. The van der Waals surface area contributed by atoms with E-state index < -0.39 is 12.6 Å². The average molecular weight is 239 g/mol. The summed E-state index contributed by atoms with van der Waals surface area (Å²) in [7, 11) is 0. The molecule has 0 aliphatic heterocycles. The van der Waals surface area contributed by atoms with Crippen LogP contribution in [0.3, 0.4) is 0 Å². The quantitative estimate of drug-likeness (QED) is 0.777. The molecule has 1 nitrogen and oxygen atoms in total. The highest BCUT2D eigenvalue weighted by molar-refractivity contribution is 6.32. The second-order valence-electron chi connectivity index (χ2n) is 2.99. The van der Waals surface area contributed by atoms with Crippen LogP contribution in [0.4, 0.5) is 13.2 Å². The molecule has 0 saturated heterocycles. The van der Waals surface area contributed by atoms with Gasteiger partial charge in [-0.1, -0.05) is 17.7 Å². The minimum absolute atomic E-state index is 0.135. The van der Waals surface area contributed by atoms with Crippen LogP contribution in [0.15, 0.2) is 18.2 Å². The summed E-state index contributed by atoms with van der Waals surface area (Å²) in [5, 5.41) is 0.207. The molecule has 0 fully saturated rings. The van der Waals surface area contributed by atoms with E-state index in [0.29, 0.717) is 12.4 Å². The number of rotatable bonds is 3. The van der Waals surface area contributed by atoms with Crippen LogP contribution < -0.4 is 4.74 Å². The summed E-state index contributed by atoms with van der Waals surface area (Å²) in [4.78, 5) is 0. The normalized spacial score (nSPS) is 11.5. The van der Waals surface area contributed by atoms with Crippen LogP contribution >= 0.6 is 11.6 Å². The van der Waals surface area contributed by atoms with Gasteiger partial charge in [-0.25, -0.2) is 0 Å². The molecule has 0 bridgehead atoms. The number of benzene rings is 1. The first-order valence-corrected chi connectivity index (χ1v) is 4.78. The van der Waals surface area contributed by atoms with Crippen LogP contribution in [0.25, 0.3) is 0 Å². The first kappa shape index (κ1) is 12.2. The van der Waals surface area contributed by atoms with E-state index >= 15 is 0 Å². The van der Waals surface area contributed by atoms with Crippen molar-refractivity contribution < 1.29 is 17.9 Å². The Bertz CT molecular complexity index is 336. The highest BCUT2D eigenvalue weighted by atomic mass is 35.5. The zero-order valence-corrected chi connectivity index (χ0v) is 8.82. The van der Waals surface area contributed by atoms with Gasteiger partial charge in [-0.15, -0.1) is 0 Å². The Balaban J connectivity index is 2.82. The van der Waals surface area contributed by atoms with Crippen molar-refractivity contribution in [3.8, 4) is 5.75 Å². The van der Waals surface area contributed by atoms with Crippen LogP contribution in [-0.4, -0.2) is 12.8 Å². The SMILES string of the molecule is CCOc1ccc(CC(F)(F)F)cc1Cl. The fourth-order valence-corrected chi connectivity index (χ4v) is 1.42. The van der Waals surface area contributed by atoms with Crippen molar-refractivity contribution in [3.63, 3.8) is 0 Å². The molecule has 1 rings (SSSR count). The van der Waals surface area contributed by atoms with Gasteiger partial charge in [0, 0.05) is 0 Å². The number of hydrogen-bond acceptors (Lipinski definition) is 1. The van der Waals surface area contributed by atoms with E-state index in [1.807, 2.05) is 0 Å². The molecule has 0 radical (unpaired) electrons. The maximum Gasteiger partial charge on any atom is 0.393 e. The topological polar surface area (TPSA) is 9.23 Å². The predicted octanol–water partition coefficient (Wildman–Crippen LogP) is 3.84. The molecule has 0 saturated carbocycles. The van der Waals surface area contributed by atoms with Gasteiger partial charge in [-0.2, -0.15) is 13.2 Å². The van der Waals surface area contributed by atoms with Gasteiger partial charge < -0.3 is 4.74 Å². The van der Waals surface area contributed by atoms with E-state index in [0.717, 1.165) is 0 Å². The van der Waals surface area contributed by atoms with Gasteiger partial charge in [0.25, 0.3) is 0 Å². The minimum atomic E-state index is -4.21. The lowest BCUT2D eigenvalue weighted by molar-refractivity contribution is -0.127. The smallest absolute Gasteiger partial charge is 0.393 e. The molecule has 0 spiro atoms. The maximum absolute atomic E-state index is 12.0. The highest BCUT2D eigenvalue weighted by Crippen LogP contribution is 2.28. The zero-order valence-electron chi connectivity index (χ0n) is 8.07. The summed E-state index contributed by atoms with van der Waals surface area (Å²) in [6, 6.07) is 4.09. The molecule has 0 aromatic heterocycles. The van der Waals surface area contributed by atoms with Gasteiger partial charge in [-0.3, -0.25) is 0 Å². The zero-order chi connectivity index (χ0) is 11.5. The van der Waals surface area contributed by atoms with Crippen molar-refractivity contribution in [2.45, 2.75) is 19.5 Å². The first-order valence-electron chi connectivity index (χ1n) is 4.40. The van der Waals surface area contributed by atoms with E-state index in [1.165, 1.54) is 18.2 Å². The molecule has 0 unspecified atom stereocenters. The molecule has 1 aromatic rings. The van der Waals surface area contributed by atoms with E-state index in [1.54, 1.807) is 6.92 Å². The van der Waals surface area contributed by atoms with E-state index in [9.17, 15) is 13.2 Å². The minimum Gasteiger partial charge on any atom is -0.492 e. The van der Waals surface area contributed by atoms with Crippen LogP contribution in [-0.2, 0) is 6.42 Å². The van der Waals surface area contributed by atoms with Gasteiger partial charge in [0.15, 0.2) is 0 Å². The third-order valence-corrected chi connectivity index (χ3v) is 2.00. The largest absolute Gasteiger partial charge is 0.492 e. The molecule has 15 heavy (non-hydrogen) atoms. The molecule has 0 aliphatic carbocycles. The van der Waals surface area contributed by atoms with Crippen molar-refractivity contribution in [1.82, 2.24) is 0 Å². The summed E-state index contributed by atoms with van der Waals surface area (Å²) in [5.74, 6) is 0.407. The Morgan fingerprint density at radius 3 is 2.47 bits per heavy atom. The molecule has 5 heteroatoms. The van der Waals surface area contributed by atoms with Crippen LogP contribution in [0.1, 0.15) is 12.5 Å². The molecular formula is C10H10ClF3O. The number of halogens is 4. The van der Waals surface area contributed by atoms with Crippen molar-refractivity contribution in [3.05, 3.63) is 28.8 Å². The monoisotopic (exact) mass is 238 g/mol. The van der Waals surface area contributed by atoms with Gasteiger partial charge in [0.1, 0.15) is 5.75 Å². The Labute approximate surface area is 90.8 Å². The Morgan fingerprint density at radius 2 is 2.00 bits per heavy atom. The van der Waals surface area contributed by atoms with E-state index in [2.05, 4.69) is 0 Å². The van der Waals surface area contributed by atoms with Crippen LogP contribution in [0.5, 0.6) is 5.75 Å². The fourth-order valence-electron chi connectivity index (χ4n) is 1.16. The third-order valence-electron chi connectivity index (χ3n) is 1.70. The molecule has 1 aromatic carbocycles. The Kier molecular flexibility index (Phi) is 3.85. The number of hydrogen-bond donors (Lipinski definition) is 0. The summed E-state index contributed by atoms with van der Waals surface area (Å²) >= 11 is 5.74. The second-order valence-corrected chi connectivity index (χ2v) is 3.40. The Morgan fingerprint density at radius 1 is 1.33 bits per heavy atom. The molecule has 0 atom stereocenters. The Hall–Kier alpha value is -0.900. The fraction of sp³-hybridized carbons (Fsp3) is 0.400. The molecule has 0 aliphatic rings. The maximum atomic E-state index is 12.0. The lowest BCUT2D eigenvalue weighted by Gasteiger charge is -2.09. The van der Waals surface area contributed by atoms with Gasteiger partial charge >= 0.3 is 6.18 Å². The molecule has 0 amide bonds. The highest BCUT2D eigenvalue weighted by Gasteiger charge is 2.27. The van der Waals surface area contributed by atoms with Crippen molar-refractivity contribution in [2.75, 3.05) is 6.61 Å². The molecule has 0 heterocycles. The van der Waals surface area contributed by atoms with E-state index in [-0.39, 0.29) is 10.6 Å². The lowest BCUT2D eigenvalue weighted by Crippen LogP contribution is -2.11. The first-order chi connectivity index (χ1) is 6.92. The molecule has 0 N–H and O–H groups in total. The van der Waals surface area contributed by atoms with Crippen molar-refractivity contribution in [1.29, 1.82) is 0 Å². The van der Waals surface area contributed by atoms with Crippen molar-refractivity contribution >= 4 is 11.6 Å². The standard InChI is InChI=1S/C10H10ClF3O/c1-2-15-9-4-3-7(5-8(9)11)6-10(12,13)14/h3-5H,2,6H2,1H3. The predicted molar refractivity (Wildman–Crippen MR) is 52.4 cm³/mol. The van der Waals surface area contributed by atoms with Gasteiger partial charge in [0.2, 0.25) is 0 Å². The average Bonchev–Trinajstić information content (AvgIpc) is 2.07. The third kappa shape index (κ3) is 4.00. The van der Waals surface area contributed by atoms with Crippen LogP contribution in [0, 0.1) is 0 Å². The molecule has 84 valence electrons. The van der Waals surface area contributed by atoms with Crippen LogP contribution in [0.2, 0.25) is 5.02 Å². The summed E-state index contributed by atoms with van der Waals surface area (Å²) in [6.45, 7) is 2.21. The lowest BCUT2D eigenvalue weighted by atomic mass is 10.1.